The summed E-state index contributed by atoms with van der Waals surface area (Å²) in [5.74, 6) is 0.235. The average molecular weight is 204 g/mol. The zero-order valence-corrected chi connectivity index (χ0v) is 10.3. The Morgan fingerprint density at radius 2 is 1.87 bits per heavy atom. The van der Waals surface area contributed by atoms with Crippen molar-refractivity contribution in [2.45, 2.75) is 46.5 Å². The molecule has 82 valence electrons. The monoisotopic (exact) mass is 204 g/mol. The number of benzene rings is 1. The largest absolute Gasteiger partial charge is 0.294 e. The lowest BCUT2D eigenvalue weighted by atomic mass is 9.84. The zero-order chi connectivity index (χ0) is 11.6. The smallest absolute Gasteiger partial charge is 0.162 e. The van der Waals surface area contributed by atoms with Crippen LogP contribution in [0.2, 0.25) is 0 Å². The predicted molar refractivity (Wildman–Crippen MR) is 64.5 cm³/mol. The molecule has 0 bridgehead atoms. The number of carbonyl (C=O) groups excluding carboxylic acids is 1. The molecule has 0 fully saturated rings. The molecule has 0 amide bonds. The molecule has 0 heterocycles. The Labute approximate surface area is 92.5 Å². The fourth-order valence-electron chi connectivity index (χ4n) is 1.58. The van der Waals surface area contributed by atoms with Crippen LogP contribution in [0.15, 0.2) is 18.2 Å². The van der Waals surface area contributed by atoms with E-state index in [1.54, 1.807) is 0 Å². The second kappa shape index (κ2) is 4.18. The summed E-state index contributed by atoms with van der Waals surface area (Å²) in [6, 6.07) is 6.20. The van der Waals surface area contributed by atoms with E-state index in [4.69, 9.17) is 0 Å². The molecule has 15 heavy (non-hydrogen) atoms. The molecule has 0 aliphatic carbocycles. The van der Waals surface area contributed by atoms with Gasteiger partial charge >= 0.3 is 0 Å². The first-order chi connectivity index (χ1) is 6.86. The second-order valence-electron chi connectivity index (χ2n) is 5.06. The van der Waals surface area contributed by atoms with Crippen molar-refractivity contribution in [3.63, 3.8) is 0 Å². The van der Waals surface area contributed by atoms with Gasteiger partial charge in [-0.3, -0.25) is 4.79 Å². The van der Waals surface area contributed by atoms with Gasteiger partial charge in [0.15, 0.2) is 5.78 Å². The highest BCUT2D eigenvalue weighted by atomic mass is 16.1. The first-order valence-corrected chi connectivity index (χ1v) is 5.50. The summed E-state index contributed by atoms with van der Waals surface area (Å²) < 4.78 is 0. The Balaban J connectivity index is 3.23. The standard InChI is InChI=1S/C14H20O/c1-6-13(15)12-9-11(14(3,4)5)8-7-10(12)2/h7-9H,6H2,1-5H3. The van der Waals surface area contributed by atoms with Crippen molar-refractivity contribution in [3.05, 3.63) is 34.9 Å². The highest BCUT2D eigenvalue weighted by Gasteiger charge is 2.16. The summed E-state index contributed by atoms with van der Waals surface area (Å²) in [6.45, 7) is 10.4. The van der Waals surface area contributed by atoms with E-state index in [0.717, 1.165) is 11.1 Å². The predicted octanol–water partition coefficient (Wildman–Crippen LogP) is 3.89. The van der Waals surface area contributed by atoms with E-state index in [9.17, 15) is 4.79 Å². The lowest BCUT2D eigenvalue weighted by Crippen LogP contribution is -2.13. The molecule has 1 nitrogen and oxygen atoms in total. The number of carbonyl (C=O) groups is 1. The summed E-state index contributed by atoms with van der Waals surface area (Å²) in [5, 5.41) is 0. The molecule has 0 unspecified atom stereocenters. The van der Waals surface area contributed by atoms with Gasteiger partial charge in [-0.15, -0.1) is 0 Å². The van der Waals surface area contributed by atoms with E-state index < -0.39 is 0 Å². The van der Waals surface area contributed by atoms with Gasteiger partial charge in [-0.1, -0.05) is 39.8 Å². The minimum Gasteiger partial charge on any atom is -0.294 e. The van der Waals surface area contributed by atoms with Crippen molar-refractivity contribution in [1.29, 1.82) is 0 Å². The van der Waals surface area contributed by atoms with Crippen molar-refractivity contribution < 1.29 is 4.79 Å². The van der Waals surface area contributed by atoms with Crippen molar-refractivity contribution in [2.24, 2.45) is 0 Å². The quantitative estimate of drug-likeness (QED) is 0.668. The molecule has 0 spiro atoms. The van der Waals surface area contributed by atoms with Gasteiger partial charge in [-0.05, 0) is 29.5 Å². The first-order valence-electron chi connectivity index (χ1n) is 5.50. The Morgan fingerprint density at radius 3 is 2.33 bits per heavy atom. The number of aryl methyl sites for hydroxylation is 1. The molecule has 1 rings (SSSR count). The van der Waals surface area contributed by atoms with Crippen molar-refractivity contribution in [2.75, 3.05) is 0 Å². The maximum Gasteiger partial charge on any atom is 0.162 e. The number of ketones is 1. The molecule has 0 aromatic heterocycles. The van der Waals surface area contributed by atoms with Crippen LogP contribution < -0.4 is 0 Å². The van der Waals surface area contributed by atoms with Gasteiger partial charge < -0.3 is 0 Å². The van der Waals surface area contributed by atoms with Gasteiger partial charge in [-0.2, -0.15) is 0 Å². The van der Waals surface area contributed by atoms with Crippen LogP contribution in [0.1, 0.15) is 55.6 Å². The molecule has 1 heteroatoms. The molecule has 0 aliphatic heterocycles. The molecule has 1 aromatic rings. The summed E-state index contributed by atoms with van der Waals surface area (Å²) in [7, 11) is 0. The van der Waals surface area contributed by atoms with Gasteiger partial charge in [0.1, 0.15) is 0 Å². The van der Waals surface area contributed by atoms with E-state index in [-0.39, 0.29) is 11.2 Å². The van der Waals surface area contributed by atoms with E-state index >= 15 is 0 Å². The maximum absolute atomic E-state index is 11.7. The molecule has 0 saturated carbocycles. The molecular formula is C14H20O. The highest BCUT2D eigenvalue weighted by molar-refractivity contribution is 5.97. The van der Waals surface area contributed by atoms with Gasteiger partial charge in [-0.25, -0.2) is 0 Å². The molecule has 1 aromatic carbocycles. The lowest BCUT2D eigenvalue weighted by molar-refractivity contribution is 0.0987. The minimum absolute atomic E-state index is 0.108. The Hall–Kier alpha value is -1.11. The van der Waals surface area contributed by atoms with Gasteiger partial charge in [0.05, 0.1) is 0 Å². The zero-order valence-electron chi connectivity index (χ0n) is 10.3. The summed E-state index contributed by atoms with van der Waals surface area (Å²) >= 11 is 0. The SMILES string of the molecule is CCC(=O)c1cc(C(C)(C)C)ccc1C. The van der Waals surface area contributed by atoms with Crippen LogP contribution in [0.4, 0.5) is 0 Å². The third-order valence-corrected chi connectivity index (χ3v) is 2.73. The molecule has 0 N–H and O–H groups in total. The second-order valence-corrected chi connectivity index (χ2v) is 5.06. The van der Waals surface area contributed by atoms with Crippen LogP contribution in [0.25, 0.3) is 0 Å². The number of hydrogen-bond donors (Lipinski definition) is 0. The van der Waals surface area contributed by atoms with E-state index in [1.165, 1.54) is 5.56 Å². The maximum atomic E-state index is 11.7. The first kappa shape index (κ1) is 12.0. The fraction of sp³-hybridized carbons (Fsp3) is 0.500. The van der Waals surface area contributed by atoms with Gasteiger partial charge in [0.2, 0.25) is 0 Å². The Morgan fingerprint density at radius 1 is 1.27 bits per heavy atom. The highest BCUT2D eigenvalue weighted by Crippen LogP contribution is 2.24. The van der Waals surface area contributed by atoms with Crippen LogP contribution in [0.3, 0.4) is 0 Å². The molecular weight excluding hydrogens is 184 g/mol. The van der Waals surface area contributed by atoms with E-state index in [2.05, 4.69) is 26.8 Å². The normalized spacial score (nSPS) is 11.5. The fourth-order valence-corrected chi connectivity index (χ4v) is 1.58. The van der Waals surface area contributed by atoms with Crippen molar-refractivity contribution >= 4 is 5.78 Å². The topological polar surface area (TPSA) is 17.1 Å². The molecule has 0 saturated heterocycles. The van der Waals surface area contributed by atoms with Gasteiger partial charge in [0.25, 0.3) is 0 Å². The summed E-state index contributed by atoms with van der Waals surface area (Å²) in [5.41, 5.74) is 3.29. The van der Waals surface area contributed by atoms with Crippen LogP contribution >= 0.6 is 0 Å². The van der Waals surface area contributed by atoms with Crippen molar-refractivity contribution in [1.82, 2.24) is 0 Å². The van der Waals surface area contributed by atoms with Crippen LogP contribution in [-0.2, 0) is 5.41 Å². The third-order valence-electron chi connectivity index (χ3n) is 2.73. The van der Waals surface area contributed by atoms with Crippen LogP contribution in [-0.4, -0.2) is 5.78 Å². The minimum atomic E-state index is 0.108. The number of hydrogen-bond acceptors (Lipinski definition) is 1. The lowest BCUT2D eigenvalue weighted by Gasteiger charge is -2.20. The summed E-state index contributed by atoms with van der Waals surface area (Å²) in [4.78, 5) is 11.7. The number of rotatable bonds is 2. The van der Waals surface area contributed by atoms with Crippen LogP contribution in [0.5, 0.6) is 0 Å². The molecule has 0 atom stereocenters. The third kappa shape index (κ3) is 2.68. The summed E-state index contributed by atoms with van der Waals surface area (Å²) in [6.07, 6.45) is 0.578. The average Bonchev–Trinajstić information content (AvgIpc) is 2.15. The number of Topliss-reactive ketones (excluding diaryl/α,β-unsaturated/α-hetero) is 1. The Bertz CT molecular complexity index is 369. The molecule has 0 radical (unpaired) electrons. The molecule has 0 aliphatic rings. The van der Waals surface area contributed by atoms with E-state index in [0.29, 0.717) is 6.42 Å². The van der Waals surface area contributed by atoms with Gasteiger partial charge in [0, 0.05) is 12.0 Å². The van der Waals surface area contributed by atoms with E-state index in [1.807, 2.05) is 26.0 Å². The van der Waals surface area contributed by atoms with Crippen molar-refractivity contribution in [3.8, 4) is 0 Å². The Kier molecular flexibility index (Phi) is 3.33. The van der Waals surface area contributed by atoms with Crippen LogP contribution in [0, 0.1) is 6.92 Å².